The van der Waals surface area contributed by atoms with Gasteiger partial charge in [-0.15, -0.1) is 0 Å². The first-order chi connectivity index (χ1) is 14.2. The van der Waals surface area contributed by atoms with Crippen molar-refractivity contribution in [1.29, 1.82) is 0 Å². The summed E-state index contributed by atoms with van der Waals surface area (Å²) in [6, 6.07) is 16.8. The second kappa shape index (κ2) is 8.70. The first-order valence-corrected chi connectivity index (χ1v) is 10.5. The highest BCUT2D eigenvalue weighted by Crippen LogP contribution is 2.38. The van der Waals surface area contributed by atoms with E-state index in [4.69, 9.17) is 4.74 Å². The molecule has 2 aromatic carbocycles. The highest BCUT2D eigenvalue weighted by molar-refractivity contribution is 5.86. The van der Waals surface area contributed by atoms with E-state index in [1.807, 2.05) is 17.9 Å². The largest absolute Gasteiger partial charge is 0.382 e. The lowest BCUT2D eigenvalue weighted by Crippen LogP contribution is -2.46. The molecule has 0 saturated heterocycles. The molecule has 0 aliphatic carbocycles. The summed E-state index contributed by atoms with van der Waals surface area (Å²) in [6.45, 7) is 6.77. The molecule has 0 radical (unpaired) electrons. The second-order valence-corrected chi connectivity index (χ2v) is 7.60. The second-order valence-electron chi connectivity index (χ2n) is 7.60. The van der Waals surface area contributed by atoms with Gasteiger partial charge in [0.25, 0.3) is 0 Å². The van der Waals surface area contributed by atoms with Crippen LogP contribution in [0.5, 0.6) is 0 Å². The first kappa shape index (κ1) is 19.5. The van der Waals surface area contributed by atoms with Gasteiger partial charge < -0.3 is 19.9 Å². The SMILES string of the molecule is CCOCCCNC(=O)N1CCc2c([nH]c3ccccc23)C1c1ccc(C)cc1. The third kappa shape index (κ3) is 4.01. The standard InChI is InChI=1S/C24H29N3O2/c1-3-29-16-6-14-25-24(28)27-15-13-20-19-7-4-5-8-21(19)26-22(20)23(27)18-11-9-17(2)10-12-18/h4-5,7-12,23,26H,3,6,13-16H2,1-2H3,(H,25,28). The summed E-state index contributed by atoms with van der Waals surface area (Å²) in [5, 5.41) is 4.34. The summed E-state index contributed by atoms with van der Waals surface area (Å²) in [5.74, 6) is 0. The summed E-state index contributed by atoms with van der Waals surface area (Å²) in [7, 11) is 0. The lowest BCUT2D eigenvalue weighted by molar-refractivity contribution is 0.143. The third-order valence-corrected chi connectivity index (χ3v) is 5.63. The number of carbonyl (C=O) groups is 1. The molecule has 1 unspecified atom stereocenters. The van der Waals surface area contributed by atoms with Crippen LogP contribution in [-0.2, 0) is 11.2 Å². The van der Waals surface area contributed by atoms with Crippen LogP contribution in [0, 0.1) is 6.92 Å². The lowest BCUT2D eigenvalue weighted by atomic mass is 9.92. The third-order valence-electron chi connectivity index (χ3n) is 5.63. The van der Waals surface area contributed by atoms with Crippen LogP contribution < -0.4 is 5.32 Å². The lowest BCUT2D eigenvalue weighted by Gasteiger charge is -2.36. The number of nitrogens with one attached hydrogen (secondary N) is 2. The molecular formula is C24H29N3O2. The topological polar surface area (TPSA) is 57.4 Å². The van der Waals surface area contributed by atoms with Gasteiger partial charge in [-0.3, -0.25) is 0 Å². The predicted octanol–water partition coefficient (Wildman–Crippen LogP) is 4.56. The van der Waals surface area contributed by atoms with Gasteiger partial charge in [-0.2, -0.15) is 0 Å². The molecule has 2 heterocycles. The highest BCUT2D eigenvalue weighted by Gasteiger charge is 2.34. The van der Waals surface area contributed by atoms with Crippen molar-refractivity contribution in [2.24, 2.45) is 0 Å². The zero-order valence-corrected chi connectivity index (χ0v) is 17.2. The summed E-state index contributed by atoms with van der Waals surface area (Å²) < 4.78 is 5.37. The summed E-state index contributed by atoms with van der Waals surface area (Å²) in [4.78, 5) is 18.6. The van der Waals surface area contributed by atoms with Gasteiger partial charge in [-0.05, 0) is 43.9 Å². The molecule has 1 aliphatic rings. The number of aromatic amines is 1. The van der Waals surface area contributed by atoms with E-state index in [0.29, 0.717) is 26.3 Å². The summed E-state index contributed by atoms with van der Waals surface area (Å²) >= 11 is 0. The van der Waals surface area contributed by atoms with Crippen LogP contribution in [0.1, 0.15) is 41.8 Å². The number of fused-ring (bicyclic) bond motifs is 3. The number of nitrogens with zero attached hydrogens (tertiary/aromatic N) is 1. The van der Waals surface area contributed by atoms with E-state index in [9.17, 15) is 4.79 Å². The molecule has 0 fully saturated rings. The Kier molecular flexibility index (Phi) is 5.86. The Morgan fingerprint density at radius 1 is 1.21 bits per heavy atom. The van der Waals surface area contributed by atoms with Crippen molar-refractivity contribution in [3.05, 3.63) is 70.9 Å². The van der Waals surface area contributed by atoms with Crippen LogP contribution in [0.2, 0.25) is 0 Å². The van der Waals surface area contributed by atoms with Gasteiger partial charge in [-0.1, -0.05) is 48.0 Å². The number of aromatic nitrogens is 1. The first-order valence-electron chi connectivity index (χ1n) is 10.5. The molecule has 0 saturated carbocycles. The number of aryl methyl sites for hydroxylation is 1. The fourth-order valence-electron chi connectivity index (χ4n) is 4.17. The molecule has 1 atom stereocenters. The quantitative estimate of drug-likeness (QED) is 0.605. The maximum Gasteiger partial charge on any atom is 0.318 e. The van der Waals surface area contributed by atoms with Crippen LogP contribution in [0.25, 0.3) is 10.9 Å². The van der Waals surface area contributed by atoms with E-state index in [2.05, 4.69) is 59.7 Å². The van der Waals surface area contributed by atoms with E-state index in [1.54, 1.807) is 0 Å². The molecule has 0 bridgehead atoms. The number of benzene rings is 2. The Balaban J connectivity index is 1.64. The number of urea groups is 1. The van der Waals surface area contributed by atoms with E-state index >= 15 is 0 Å². The molecule has 2 N–H and O–H groups in total. The Bertz CT molecular complexity index is 977. The molecule has 152 valence electrons. The summed E-state index contributed by atoms with van der Waals surface area (Å²) in [6.07, 6.45) is 1.67. The van der Waals surface area contributed by atoms with Gasteiger partial charge in [0.2, 0.25) is 0 Å². The number of ether oxygens (including phenoxy) is 1. The van der Waals surface area contributed by atoms with Gasteiger partial charge >= 0.3 is 6.03 Å². The Morgan fingerprint density at radius 2 is 2.00 bits per heavy atom. The molecule has 3 aromatic rings. The van der Waals surface area contributed by atoms with Gasteiger partial charge in [-0.25, -0.2) is 4.79 Å². The van der Waals surface area contributed by atoms with Crippen LogP contribution >= 0.6 is 0 Å². The minimum atomic E-state index is -0.112. The van der Waals surface area contributed by atoms with E-state index in [-0.39, 0.29) is 12.1 Å². The van der Waals surface area contributed by atoms with Crippen LogP contribution in [0.3, 0.4) is 0 Å². The average molecular weight is 392 g/mol. The molecule has 4 rings (SSSR count). The number of rotatable bonds is 6. The number of amides is 2. The van der Waals surface area contributed by atoms with E-state index in [1.165, 1.54) is 16.5 Å². The van der Waals surface area contributed by atoms with Gasteiger partial charge in [0, 0.05) is 42.9 Å². The number of para-hydroxylation sites is 1. The fourth-order valence-corrected chi connectivity index (χ4v) is 4.17. The number of H-pyrrole nitrogens is 1. The van der Waals surface area contributed by atoms with Gasteiger partial charge in [0.1, 0.15) is 0 Å². The van der Waals surface area contributed by atoms with Crippen molar-refractivity contribution >= 4 is 16.9 Å². The molecule has 1 aromatic heterocycles. The number of hydrogen-bond acceptors (Lipinski definition) is 2. The smallest absolute Gasteiger partial charge is 0.318 e. The predicted molar refractivity (Wildman–Crippen MR) is 116 cm³/mol. The van der Waals surface area contributed by atoms with Crippen LogP contribution in [0.15, 0.2) is 48.5 Å². The normalized spacial score (nSPS) is 16.1. The number of hydrogen-bond donors (Lipinski definition) is 2. The molecule has 0 spiro atoms. The Morgan fingerprint density at radius 3 is 2.79 bits per heavy atom. The maximum atomic E-state index is 13.1. The van der Waals surface area contributed by atoms with Gasteiger partial charge in [0.15, 0.2) is 0 Å². The van der Waals surface area contributed by atoms with Crippen molar-refractivity contribution < 1.29 is 9.53 Å². The Labute approximate surface area is 172 Å². The van der Waals surface area contributed by atoms with Crippen molar-refractivity contribution in [1.82, 2.24) is 15.2 Å². The van der Waals surface area contributed by atoms with Gasteiger partial charge in [0.05, 0.1) is 6.04 Å². The van der Waals surface area contributed by atoms with Crippen LogP contribution in [0.4, 0.5) is 4.79 Å². The minimum Gasteiger partial charge on any atom is -0.382 e. The van der Waals surface area contributed by atoms with Crippen LogP contribution in [-0.4, -0.2) is 42.2 Å². The molecule has 1 aliphatic heterocycles. The number of carbonyl (C=O) groups excluding carboxylic acids is 1. The minimum absolute atomic E-state index is 0.0172. The molecule has 5 nitrogen and oxygen atoms in total. The fraction of sp³-hybridized carbons (Fsp3) is 0.375. The van der Waals surface area contributed by atoms with E-state index < -0.39 is 0 Å². The van der Waals surface area contributed by atoms with Crippen molar-refractivity contribution in [2.75, 3.05) is 26.3 Å². The molecular weight excluding hydrogens is 362 g/mol. The summed E-state index contributed by atoms with van der Waals surface area (Å²) in [5.41, 5.74) is 5.94. The maximum absolute atomic E-state index is 13.1. The molecule has 29 heavy (non-hydrogen) atoms. The molecule has 5 heteroatoms. The average Bonchev–Trinajstić information content (AvgIpc) is 3.12. The van der Waals surface area contributed by atoms with E-state index in [0.717, 1.165) is 29.6 Å². The van der Waals surface area contributed by atoms with Crippen molar-refractivity contribution in [2.45, 2.75) is 32.7 Å². The zero-order valence-electron chi connectivity index (χ0n) is 17.2. The highest BCUT2D eigenvalue weighted by atomic mass is 16.5. The Hall–Kier alpha value is -2.79. The molecule has 2 amide bonds. The zero-order chi connectivity index (χ0) is 20.2. The monoisotopic (exact) mass is 391 g/mol. The van der Waals surface area contributed by atoms with Crippen molar-refractivity contribution in [3.8, 4) is 0 Å². The van der Waals surface area contributed by atoms with Crippen molar-refractivity contribution in [3.63, 3.8) is 0 Å².